The molecule has 0 aromatic heterocycles. The van der Waals surface area contributed by atoms with Gasteiger partial charge in [-0.25, -0.2) is 9.69 Å². The molecule has 4 heteroatoms. The van der Waals surface area contributed by atoms with Gasteiger partial charge in [0.25, 0.3) is 0 Å². The summed E-state index contributed by atoms with van der Waals surface area (Å²) < 4.78 is 5.09. The third-order valence-corrected chi connectivity index (χ3v) is 1.79. The third kappa shape index (κ3) is 3.01. The van der Waals surface area contributed by atoms with Crippen LogP contribution in [0.2, 0.25) is 0 Å². The Morgan fingerprint density at radius 1 is 1.50 bits per heavy atom. The molecular weight excluding hydrogens is 182 g/mol. The summed E-state index contributed by atoms with van der Waals surface area (Å²) in [5.74, 6) is -0.151. The molecule has 0 aliphatic carbocycles. The monoisotopic (exact) mass is 198 g/mol. The number of hydrogen-bond acceptors (Lipinski definition) is 3. The average molecular weight is 198 g/mol. The fourth-order valence-corrected chi connectivity index (χ4v) is 1.18. The summed E-state index contributed by atoms with van der Waals surface area (Å²) in [6.45, 7) is 5.71. The van der Waals surface area contributed by atoms with Crippen LogP contribution in [0, 0.1) is 6.42 Å². The smallest absolute Gasteiger partial charge is 0.417 e. The first kappa shape index (κ1) is 11.0. The standard InChI is InChI=1S/C10H16NO3/c1-10(2,3)14-9(13)11-7-5-4-6-8(11)12/h5H,4,6-7H2,1-3H3. The van der Waals surface area contributed by atoms with Crippen LogP contribution in [0.5, 0.6) is 0 Å². The molecule has 0 atom stereocenters. The van der Waals surface area contributed by atoms with Gasteiger partial charge in [0.2, 0.25) is 5.91 Å². The van der Waals surface area contributed by atoms with Crippen molar-refractivity contribution in [3.05, 3.63) is 6.42 Å². The predicted molar refractivity (Wildman–Crippen MR) is 51.5 cm³/mol. The number of carbonyl (C=O) groups is 2. The molecule has 1 aliphatic heterocycles. The molecule has 0 unspecified atom stereocenters. The van der Waals surface area contributed by atoms with Crippen LogP contribution in [0.4, 0.5) is 4.79 Å². The van der Waals surface area contributed by atoms with Gasteiger partial charge >= 0.3 is 6.09 Å². The highest BCUT2D eigenvalue weighted by Crippen LogP contribution is 2.15. The molecule has 0 aromatic carbocycles. The predicted octanol–water partition coefficient (Wildman–Crippen LogP) is 1.75. The number of nitrogens with zero attached hydrogens (tertiary/aromatic N) is 1. The number of piperidine rings is 1. The molecule has 0 N–H and O–H groups in total. The molecule has 0 spiro atoms. The number of ether oxygens (including phenoxy) is 1. The van der Waals surface area contributed by atoms with Gasteiger partial charge in [0, 0.05) is 13.0 Å². The van der Waals surface area contributed by atoms with Gasteiger partial charge in [-0.1, -0.05) is 0 Å². The Morgan fingerprint density at radius 2 is 2.14 bits per heavy atom. The van der Waals surface area contributed by atoms with E-state index >= 15 is 0 Å². The zero-order valence-corrected chi connectivity index (χ0v) is 8.87. The van der Waals surface area contributed by atoms with E-state index in [1.54, 1.807) is 20.8 Å². The minimum absolute atomic E-state index is 0.151. The van der Waals surface area contributed by atoms with E-state index in [4.69, 9.17) is 4.74 Å². The minimum atomic E-state index is -0.547. The Morgan fingerprint density at radius 3 is 2.64 bits per heavy atom. The second kappa shape index (κ2) is 3.98. The molecule has 79 valence electrons. The van der Waals surface area contributed by atoms with Gasteiger partial charge in [-0.2, -0.15) is 0 Å². The number of imide groups is 1. The molecule has 0 saturated carbocycles. The van der Waals surface area contributed by atoms with Crippen LogP contribution >= 0.6 is 0 Å². The number of likely N-dealkylation sites (tertiary alicyclic amines) is 1. The summed E-state index contributed by atoms with van der Waals surface area (Å²) in [5, 5.41) is 0. The van der Waals surface area contributed by atoms with Crippen LogP contribution in [0.1, 0.15) is 33.6 Å². The SMILES string of the molecule is CC(C)(C)OC(=O)N1C[CH]CCC1=O. The lowest BCUT2D eigenvalue weighted by molar-refractivity contribution is -0.131. The van der Waals surface area contributed by atoms with Crippen molar-refractivity contribution in [2.45, 2.75) is 39.2 Å². The van der Waals surface area contributed by atoms with E-state index in [0.29, 0.717) is 13.0 Å². The van der Waals surface area contributed by atoms with E-state index in [9.17, 15) is 9.59 Å². The minimum Gasteiger partial charge on any atom is -0.443 e. The molecule has 1 radical (unpaired) electrons. The highest BCUT2D eigenvalue weighted by atomic mass is 16.6. The molecule has 1 fully saturated rings. The normalized spacial score (nSPS) is 18.2. The largest absolute Gasteiger partial charge is 0.443 e. The van der Waals surface area contributed by atoms with Crippen molar-refractivity contribution in [2.75, 3.05) is 6.54 Å². The van der Waals surface area contributed by atoms with E-state index < -0.39 is 11.7 Å². The Bertz CT molecular complexity index is 242. The lowest BCUT2D eigenvalue weighted by Crippen LogP contribution is -2.43. The molecule has 1 rings (SSSR count). The van der Waals surface area contributed by atoms with Gasteiger partial charge in [0.1, 0.15) is 5.60 Å². The summed E-state index contributed by atoms with van der Waals surface area (Å²) in [6, 6.07) is 0. The van der Waals surface area contributed by atoms with Crippen molar-refractivity contribution in [1.82, 2.24) is 4.90 Å². The van der Waals surface area contributed by atoms with Crippen molar-refractivity contribution in [3.8, 4) is 0 Å². The highest BCUT2D eigenvalue weighted by molar-refractivity contribution is 5.92. The number of rotatable bonds is 0. The van der Waals surface area contributed by atoms with Gasteiger partial charge in [0.15, 0.2) is 0 Å². The first-order valence-corrected chi connectivity index (χ1v) is 4.75. The van der Waals surface area contributed by atoms with Gasteiger partial charge in [-0.05, 0) is 33.6 Å². The summed E-state index contributed by atoms with van der Waals surface area (Å²) in [6.07, 6.45) is 2.52. The van der Waals surface area contributed by atoms with Crippen LogP contribution in [-0.4, -0.2) is 29.0 Å². The maximum Gasteiger partial charge on any atom is 0.417 e. The first-order chi connectivity index (χ1) is 6.40. The molecule has 2 amide bonds. The van der Waals surface area contributed by atoms with Crippen molar-refractivity contribution in [3.63, 3.8) is 0 Å². The average Bonchev–Trinajstić information content (AvgIpc) is 2.01. The van der Waals surface area contributed by atoms with E-state index in [0.717, 1.165) is 11.3 Å². The van der Waals surface area contributed by atoms with Gasteiger partial charge in [-0.3, -0.25) is 4.79 Å². The number of amides is 2. The number of carbonyl (C=O) groups excluding carboxylic acids is 2. The fraction of sp³-hybridized carbons (Fsp3) is 0.700. The van der Waals surface area contributed by atoms with E-state index in [2.05, 4.69) is 0 Å². The Balaban J connectivity index is 2.55. The highest BCUT2D eigenvalue weighted by Gasteiger charge is 2.28. The van der Waals surface area contributed by atoms with Crippen molar-refractivity contribution < 1.29 is 14.3 Å². The Hall–Kier alpha value is -1.06. The summed E-state index contributed by atoms with van der Waals surface area (Å²) >= 11 is 0. The lowest BCUT2D eigenvalue weighted by Gasteiger charge is -2.28. The van der Waals surface area contributed by atoms with Gasteiger partial charge in [0.05, 0.1) is 0 Å². The Labute approximate surface area is 84.2 Å². The molecule has 0 bridgehead atoms. The molecule has 4 nitrogen and oxygen atoms in total. The summed E-state index contributed by atoms with van der Waals surface area (Å²) in [5.41, 5.74) is -0.547. The van der Waals surface area contributed by atoms with Crippen LogP contribution in [0.3, 0.4) is 0 Å². The second-order valence-corrected chi connectivity index (χ2v) is 4.31. The van der Waals surface area contributed by atoms with Crippen LogP contribution in [0.25, 0.3) is 0 Å². The molecule has 1 saturated heterocycles. The van der Waals surface area contributed by atoms with E-state index in [1.807, 2.05) is 6.42 Å². The Kier molecular flexibility index (Phi) is 3.13. The van der Waals surface area contributed by atoms with Crippen molar-refractivity contribution in [1.29, 1.82) is 0 Å². The van der Waals surface area contributed by atoms with Gasteiger partial charge in [-0.15, -0.1) is 0 Å². The molecule has 0 aromatic rings. The molecule has 1 heterocycles. The maximum atomic E-state index is 11.5. The quantitative estimate of drug-likeness (QED) is 0.595. The maximum absolute atomic E-state index is 11.5. The lowest BCUT2D eigenvalue weighted by atomic mass is 10.1. The molecule has 1 aliphatic rings. The zero-order valence-electron chi connectivity index (χ0n) is 8.87. The number of hydrogen-bond donors (Lipinski definition) is 0. The van der Waals surface area contributed by atoms with Crippen LogP contribution < -0.4 is 0 Å². The topological polar surface area (TPSA) is 46.6 Å². The summed E-state index contributed by atoms with van der Waals surface area (Å²) in [7, 11) is 0. The molecule has 14 heavy (non-hydrogen) atoms. The molecular formula is C10H16NO3. The second-order valence-electron chi connectivity index (χ2n) is 4.31. The van der Waals surface area contributed by atoms with E-state index in [-0.39, 0.29) is 5.91 Å². The first-order valence-electron chi connectivity index (χ1n) is 4.75. The van der Waals surface area contributed by atoms with Crippen LogP contribution in [-0.2, 0) is 9.53 Å². The van der Waals surface area contributed by atoms with Crippen molar-refractivity contribution >= 4 is 12.0 Å². The third-order valence-electron chi connectivity index (χ3n) is 1.79. The van der Waals surface area contributed by atoms with Crippen LogP contribution in [0.15, 0.2) is 0 Å². The van der Waals surface area contributed by atoms with E-state index in [1.165, 1.54) is 0 Å². The fourth-order valence-electron chi connectivity index (χ4n) is 1.18. The zero-order chi connectivity index (χ0) is 10.8. The van der Waals surface area contributed by atoms with Crippen molar-refractivity contribution in [2.24, 2.45) is 0 Å². The van der Waals surface area contributed by atoms with Gasteiger partial charge < -0.3 is 4.74 Å². The summed E-state index contributed by atoms with van der Waals surface area (Å²) in [4.78, 5) is 24.0.